The molecule has 0 bridgehead atoms. The average molecular weight is 579 g/mol. The topological polar surface area (TPSA) is 126 Å². The zero-order valence-corrected chi connectivity index (χ0v) is 22.8. The van der Waals surface area contributed by atoms with Crippen molar-refractivity contribution in [3.05, 3.63) is 83.3 Å². The van der Waals surface area contributed by atoms with Crippen LogP contribution in [0.2, 0.25) is 0 Å². The Kier molecular flexibility index (Phi) is 7.04. The highest BCUT2D eigenvalue weighted by Crippen LogP contribution is 2.36. The summed E-state index contributed by atoms with van der Waals surface area (Å²) in [6.07, 6.45) is 2.44. The van der Waals surface area contributed by atoms with Crippen molar-refractivity contribution in [2.24, 2.45) is 0 Å². The number of carbonyl (C=O) groups is 3. The molecule has 1 atom stereocenters. The predicted octanol–water partition coefficient (Wildman–Crippen LogP) is 3.34. The van der Waals surface area contributed by atoms with Crippen LogP contribution in [-0.4, -0.2) is 59.5 Å². The second-order valence-electron chi connectivity index (χ2n) is 10.4. The molecule has 6 rings (SSSR count). The minimum absolute atomic E-state index is 0.0483. The van der Waals surface area contributed by atoms with Crippen molar-refractivity contribution >= 4 is 27.7 Å². The molecular weight excluding hydrogens is 551 g/mol. The molecule has 212 valence electrons. The SMILES string of the molecule is O=C1CCC(N2Cc3cc(C4CCN(S(=O)(=O)c5ccc(Oc6ccccc6)nc5)CC4)c(F)cc3C2=O)C(=O)N1. The minimum atomic E-state index is -3.80. The first-order chi connectivity index (χ1) is 19.7. The molecule has 2 fully saturated rings. The largest absolute Gasteiger partial charge is 0.439 e. The van der Waals surface area contributed by atoms with Gasteiger partial charge in [0.25, 0.3) is 5.91 Å². The van der Waals surface area contributed by atoms with Gasteiger partial charge in [-0.2, -0.15) is 4.31 Å². The van der Waals surface area contributed by atoms with Crippen molar-refractivity contribution in [1.82, 2.24) is 19.5 Å². The van der Waals surface area contributed by atoms with Crippen LogP contribution in [0.3, 0.4) is 0 Å². The van der Waals surface area contributed by atoms with Gasteiger partial charge in [-0.15, -0.1) is 0 Å². The summed E-state index contributed by atoms with van der Waals surface area (Å²) in [6, 6.07) is 14.1. The number of nitrogens with zero attached hydrogens (tertiary/aromatic N) is 3. The van der Waals surface area contributed by atoms with Crippen molar-refractivity contribution in [1.29, 1.82) is 0 Å². The molecule has 10 nitrogen and oxygen atoms in total. The predicted molar refractivity (Wildman–Crippen MR) is 144 cm³/mol. The van der Waals surface area contributed by atoms with E-state index >= 15 is 4.39 Å². The van der Waals surface area contributed by atoms with E-state index in [1.165, 1.54) is 33.6 Å². The second-order valence-corrected chi connectivity index (χ2v) is 12.3. The highest BCUT2D eigenvalue weighted by Gasteiger charge is 2.40. The molecule has 3 amide bonds. The Morgan fingerprint density at radius 1 is 0.976 bits per heavy atom. The van der Waals surface area contributed by atoms with E-state index in [0.29, 0.717) is 29.7 Å². The van der Waals surface area contributed by atoms with Gasteiger partial charge in [0.1, 0.15) is 22.5 Å². The Bertz CT molecular complexity index is 1620. The maximum absolute atomic E-state index is 15.2. The summed E-state index contributed by atoms with van der Waals surface area (Å²) >= 11 is 0. The molecule has 2 saturated heterocycles. The van der Waals surface area contributed by atoms with E-state index in [-0.39, 0.29) is 60.6 Å². The Morgan fingerprint density at radius 3 is 2.41 bits per heavy atom. The first-order valence-corrected chi connectivity index (χ1v) is 14.8. The number of sulfonamides is 1. The van der Waals surface area contributed by atoms with Gasteiger partial charge in [0, 0.05) is 37.7 Å². The van der Waals surface area contributed by atoms with Crippen LogP contribution in [0.15, 0.2) is 65.7 Å². The molecule has 1 N–H and O–H groups in total. The molecule has 3 aromatic rings. The molecule has 1 unspecified atom stereocenters. The number of amides is 3. The van der Waals surface area contributed by atoms with Crippen LogP contribution in [0, 0.1) is 5.82 Å². The third-order valence-electron chi connectivity index (χ3n) is 7.85. The van der Waals surface area contributed by atoms with E-state index in [1.54, 1.807) is 18.2 Å². The Labute approximate surface area is 236 Å². The van der Waals surface area contributed by atoms with Crippen molar-refractivity contribution in [3.8, 4) is 11.6 Å². The molecule has 12 heteroatoms. The molecule has 4 heterocycles. The average Bonchev–Trinajstić information content (AvgIpc) is 3.28. The second kappa shape index (κ2) is 10.7. The zero-order chi connectivity index (χ0) is 28.7. The number of benzene rings is 2. The molecule has 41 heavy (non-hydrogen) atoms. The standard InChI is InChI=1S/C29H27FN4O6S/c30-24-15-23-19(17-34(29(23)37)25-7-8-26(35)32-28(25)36)14-22(24)18-10-12-33(13-11-18)41(38,39)21-6-9-27(31-16-21)40-20-4-2-1-3-5-20/h1-6,9,14-16,18,25H,7-8,10-13,17H2,(H,32,35,36). The fourth-order valence-corrected chi connectivity index (χ4v) is 7.08. The van der Waals surface area contributed by atoms with Crippen LogP contribution >= 0.6 is 0 Å². The number of pyridine rings is 1. The van der Waals surface area contributed by atoms with E-state index < -0.39 is 33.7 Å². The summed E-state index contributed by atoms with van der Waals surface area (Å²) < 4.78 is 48.8. The normalized spacial score (nSPS) is 20.2. The van der Waals surface area contributed by atoms with Crippen molar-refractivity contribution in [2.45, 2.75) is 49.1 Å². The number of nitrogens with one attached hydrogen (secondary N) is 1. The lowest BCUT2D eigenvalue weighted by Gasteiger charge is -2.31. The van der Waals surface area contributed by atoms with Crippen LogP contribution in [0.4, 0.5) is 4.39 Å². The highest BCUT2D eigenvalue weighted by atomic mass is 32.2. The number of ether oxygens (including phenoxy) is 1. The van der Waals surface area contributed by atoms with Gasteiger partial charge >= 0.3 is 0 Å². The summed E-state index contributed by atoms with van der Waals surface area (Å²) in [5.41, 5.74) is 1.26. The number of carbonyl (C=O) groups excluding carboxylic acids is 3. The van der Waals surface area contributed by atoms with Crippen LogP contribution in [-0.2, 0) is 26.2 Å². The third-order valence-corrected chi connectivity index (χ3v) is 9.73. The van der Waals surface area contributed by atoms with E-state index in [4.69, 9.17) is 4.74 Å². The van der Waals surface area contributed by atoms with E-state index in [2.05, 4.69) is 10.3 Å². The molecule has 0 spiro atoms. The number of halogens is 1. The lowest BCUT2D eigenvalue weighted by atomic mass is 9.88. The van der Waals surface area contributed by atoms with E-state index in [9.17, 15) is 22.8 Å². The van der Waals surface area contributed by atoms with Gasteiger partial charge in [-0.25, -0.2) is 17.8 Å². The van der Waals surface area contributed by atoms with Gasteiger partial charge in [-0.3, -0.25) is 19.7 Å². The van der Waals surface area contributed by atoms with Crippen molar-refractivity contribution in [3.63, 3.8) is 0 Å². The smallest absolute Gasteiger partial charge is 0.255 e. The molecule has 3 aliphatic rings. The van der Waals surface area contributed by atoms with E-state index in [1.807, 2.05) is 18.2 Å². The van der Waals surface area contributed by atoms with Gasteiger partial charge in [0.2, 0.25) is 27.7 Å². The summed E-state index contributed by atoms with van der Waals surface area (Å²) in [5, 5.41) is 2.26. The molecular formula is C29H27FN4O6S. The maximum Gasteiger partial charge on any atom is 0.255 e. The first kappa shape index (κ1) is 27.0. The van der Waals surface area contributed by atoms with Crippen molar-refractivity contribution in [2.75, 3.05) is 13.1 Å². The molecule has 0 aliphatic carbocycles. The highest BCUT2D eigenvalue weighted by molar-refractivity contribution is 7.89. The third kappa shape index (κ3) is 5.20. The quantitative estimate of drug-likeness (QED) is 0.445. The maximum atomic E-state index is 15.2. The number of aromatic nitrogens is 1. The summed E-state index contributed by atoms with van der Waals surface area (Å²) in [7, 11) is -3.80. The zero-order valence-electron chi connectivity index (χ0n) is 22.0. The van der Waals surface area contributed by atoms with Gasteiger partial charge in [0.15, 0.2) is 0 Å². The lowest BCUT2D eigenvalue weighted by molar-refractivity contribution is -0.136. The van der Waals surface area contributed by atoms with Gasteiger partial charge in [0.05, 0.1) is 6.20 Å². The molecule has 1 aromatic heterocycles. The lowest BCUT2D eigenvalue weighted by Crippen LogP contribution is -2.52. The number of rotatable bonds is 6. The monoisotopic (exact) mass is 578 g/mol. The number of piperidine rings is 2. The number of hydrogen-bond acceptors (Lipinski definition) is 7. The fourth-order valence-electron chi connectivity index (χ4n) is 5.67. The molecule has 0 saturated carbocycles. The summed E-state index contributed by atoms with van der Waals surface area (Å²) in [6.45, 7) is 0.554. The molecule has 2 aromatic carbocycles. The minimum Gasteiger partial charge on any atom is -0.439 e. The first-order valence-electron chi connectivity index (χ1n) is 13.4. The number of hydrogen-bond donors (Lipinski definition) is 1. The molecule has 0 radical (unpaired) electrons. The van der Waals surface area contributed by atoms with Gasteiger partial charge in [-0.05, 0) is 60.6 Å². The number of para-hydroxylation sites is 1. The van der Waals surface area contributed by atoms with Crippen LogP contribution in [0.1, 0.15) is 53.1 Å². The Hall–Kier alpha value is -4.16. The number of fused-ring (bicyclic) bond motifs is 1. The van der Waals surface area contributed by atoms with Crippen LogP contribution in [0.25, 0.3) is 0 Å². The van der Waals surface area contributed by atoms with Crippen LogP contribution in [0.5, 0.6) is 11.6 Å². The van der Waals surface area contributed by atoms with Crippen LogP contribution < -0.4 is 10.1 Å². The summed E-state index contributed by atoms with van der Waals surface area (Å²) in [5.74, 6) is -1.23. The van der Waals surface area contributed by atoms with Gasteiger partial charge in [-0.1, -0.05) is 24.3 Å². The Balaban J connectivity index is 1.12. The molecule has 3 aliphatic heterocycles. The Morgan fingerprint density at radius 2 is 1.73 bits per heavy atom. The van der Waals surface area contributed by atoms with Gasteiger partial charge < -0.3 is 9.64 Å². The number of imide groups is 1. The summed E-state index contributed by atoms with van der Waals surface area (Å²) in [4.78, 5) is 42.4. The van der Waals surface area contributed by atoms with Crippen molar-refractivity contribution < 1.29 is 31.9 Å². The fraction of sp³-hybridized carbons (Fsp3) is 0.310. The van der Waals surface area contributed by atoms with E-state index in [0.717, 1.165) is 0 Å².